The SMILES string of the molecule is CCNC1c2ccccc2C(C)CC1SCC. The molecule has 0 saturated carbocycles. The number of hydrogen-bond donors (Lipinski definition) is 1. The van der Waals surface area contributed by atoms with Crippen LogP contribution in [0.4, 0.5) is 0 Å². The molecule has 0 heterocycles. The van der Waals surface area contributed by atoms with Gasteiger partial charge in [-0.3, -0.25) is 0 Å². The van der Waals surface area contributed by atoms with E-state index in [-0.39, 0.29) is 0 Å². The van der Waals surface area contributed by atoms with Gasteiger partial charge in [0.2, 0.25) is 0 Å². The van der Waals surface area contributed by atoms with Crippen LogP contribution < -0.4 is 5.32 Å². The Kier molecular flexibility index (Phi) is 4.52. The van der Waals surface area contributed by atoms with Crippen LogP contribution in [0.3, 0.4) is 0 Å². The van der Waals surface area contributed by atoms with Gasteiger partial charge in [0.05, 0.1) is 0 Å². The van der Waals surface area contributed by atoms with Gasteiger partial charge in [-0.15, -0.1) is 0 Å². The Bertz CT molecular complexity index is 364. The van der Waals surface area contributed by atoms with Gasteiger partial charge in [-0.25, -0.2) is 0 Å². The van der Waals surface area contributed by atoms with Gasteiger partial charge in [0, 0.05) is 11.3 Å². The maximum Gasteiger partial charge on any atom is 0.0443 e. The summed E-state index contributed by atoms with van der Waals surface area (Å²) in [6.07, 6.45) is 1.30. The molecule has 0 aliphatic heterocycles. The number of hydrogen-bond acceptors (Lipinski definition) is 2. The van der Waals surface area contributed by atoms with E-state index in [2.05, 4.69) is 62.1 Å². The van der Waals surface area contributed by atoms with Crippen molar-refractivity contribution in [1.82, 2.24) is 5.32 Å². The van der Waals surface area contributed by atoms with Crippen molar-refractivity contribution < 1.29 is 0 Å². The molecular weight excluding hydrogens is 226 g/mol. The molecule has 0 amide bonds. The van der Waals surface area contributed by atoms with Crippen molar-refractivity contribution >= 4 is 11.8 Å². The molecule has 0 radical (unpaired) electrons. The van der Waals surface area contributed by atoms with Crippen LogP contribution in [0.25, 0.3) is 0 Å². The average Bonchev–Trinajstić information content (AvgIpc) is 2.34. The minimum absolute atomic E-state index is 0.539. The number of benzene rings is 1. The van der Waals surface area contributed by atoms with E-state index in [0.717, 1.165) is 11.8 Å². The van der Waals surface area contributed by atoms with Crippen LogP contribution in [0.2, 0.25) is 0 Å². The summed E-state index contributed by atoms with van der Waals surface area (Å²) in [6.45, 7) is 7.88. The van der Waals surface area contributed by atoms with Crippen LogP contribution in [0.15, 0.2) is 24.3 Å². The van der Waals surface area contributed by atoms with Crippen LogP contribution in [0.5, 0.6) is 0 Å². The number of thioether (sulfide) groups is 1. The van der Waals surface area contributed by atoms with Gasteiger partial charge in [-0.05, 0) is 35.8 Å². The Morgan fingerprint density at radius 1 is 1.24 bits per heavy atom. The minimum Gasteiger partial charge on any atom is -0.309 e. The number of fused-ring (bicyclic) bond motifs is 1. The number of nitrogens with one attached hydrogen (secondary N) is 1. The fraction of sp³-hybridized carbons (Fsp3) is 0.600. The topological polar surface area (TPSA) is 12.0 Å². The molecule has 0 fully saturated rings. The summed E-state index contributed by atoms with van der Waals surface area (Å²) >= 11 is 2.11. The molecule has 0 spiro atoms. The Morgan fingerprint density at radius 3 is 2.59 bits per heavy atom. The monoisotopic (exact) mass is 249 g/mol. The third kappa shape index (κ3) is 2.69. The lowest BCUT2D eigenvalue weighted by molar-refractivity contribution is 0.454. The van der Waals surface area contributed by atoms with Crippen LogP contribution in [0.1, 0.15) is 50.3 Å². The van der Waals surface area contributed by atoms with Crippen molar-refractivity contribution in [2.45, 2.75) is 44.4 Å². The Labute approximate surface area is 109 Å². The molecule has 3 unspecified atom stereocenters. The molecule has 94 valence electrons. The third-order valence-electron chi connectivity index (χ3n) is 3.62. The Balaban J connectivity index is 2.32. The van der Waals surface area contributed by atoms with Crippen LogP contribution in [0, 0.1) is 0 Å². The second-order valence-corrected chi connectivity index (χ2v) is 6.31. The summed E-state index contributed by atoms with van der Waals surface area (Å²) in [6, 6.07) is 9.50. The summed E-state index contributed by atoms with van der Waals surface area (Å²) < 4.78 is 0. The Morgan fingerprint density at radius 2 is 1.94 bits per heavy atom. The average molecular weight is 249 g/mol. The lowest BCUT2D eigenvalue weighted by Gasteiger charge is -2.37. The summed E-state index contributed by atoms with van der Waals surface area (Å²) in [4.78, 5) is 0. The van der Waals surface area contributed by atoms with Crippen molar-refractivity contribution in [3.05, 3.63) is 35.4 Å². The lowest BCUT2D eigenvalue weighted by atomic mass is 9.80. The van der Waals surface area contributed by atoms with Crippen molar-refractivity contribution in [3.8, 4) is 0 Å². The third-order valence-corrected chi connectivity index (χ3v) is 4.85. The molecule has 1 aliphatic carbocycles. The number of rotatable bonds is 4. The molecule has 1 nitrogen and oxygen atoms in total. The summed E-state index contributed by atoms with van der Waals surface area (Å²) in [5, 5.41) is 4.40. The molecule has 1 aliphatic rings. The summed E-state index contributed by atoms with van der Waals surface area (Å²) in [5.41, 5.74) is 3.07. The molecule has 2 heteroatoms. The van der Waals surface area contributed by atoms with Gasteiger partial charge in [-0.2, -0.15) is 11.8 Å². The normalized spacial score (nSPS) is 27.8. The zero-order valence-corrected chi connectivity index (χ0v) is 11.9. The van der Waals surface area contributed by atoms with Gasteiger partial charge in [0.25, 0.3) is 0 Å². The standard InChI is InChI=1S/C15H23NS/c1-4-16-15-13-9-7-6-8-12(13)11(3)10-14(15)17-5-2/h6-9,11,14-16H,4-5,10H2,1-3H3. The van der Waals surface area contributed by atoms with Gasteiger partial charge in [-0.1, -0.05) is 45.0 Å². The first-order valence-corrected chi connectivity index (χ1v) is 7.76. The fourth-order valence-electron chi connectivity index (χ4n) is 2.89. The minimum atomic E-state index is 0.539. The van der Waals surface area contributed by atoms with Gasteiger partial charge >= 0.3 is 0 Å². The van der Waals surface area contributed by atoms with E-state index < -0.39 is 0 Å². The predicted octanol–water partition coefficient (Wildman–Crippen LogP) is 3.97. The molecule has 2 rings (SSSR count). The smallest absolute Gasteiger partial charge is 0.0443 e. The second-order valence-electron chi connectivity index (χ2n) is 4.79. The highest BCUT2D eigenvalue weighted by molar-refractivity contribution is 7.99. The molecule has 3 atom stereocenters. The first-order valence-electron chi connectivity index (χ1n) is 6.71. The molecular formula is C15H23NS. The largest absolute Gasteiger partial charge is 0.309 e. The lowest BCUT2D eigenvalue weighted by Crippen LogP contribution is -2.35. The van der Waals surface area contributed by atoms with Gasteiger partial charge in [0.15, 0.2) is 0 Å². The maximum absolute atomic E-state index is 3.68. The predicted molar refractivity (Wildman–Crippen MR) is 77.8 cm³/mol. The van der Waals surface area contributed by atoms with Crippen molar-refractivity contribution in [2.75, 3.05) is 12.3 Å². The highest BCUT2D eigenvalue weighted by atomic mass is 32.2. The quantitative estimate of drug-likeness (QED) is 0.866. The molecule has 1 N–H and O–H groups in total. The van der Waals surface area contributed by atoms with Crippen LogP contribution in [-0.2, 0) is 0 Å². The van der Waals surface area contributed by atoms with Crippen molar-refractivity contribution in [3.63, 3.8) is 0 Å². The summed E-state index contributed by atoms with van der Waals surface area (Å²) in [7, 11) is 0. The molecule has 17 heavy (non-hydrogen) atoms. The van der Waals surface area contributed by atoms with E-state index >= 15 is 0 Å². The molecule has 0 saturated heterocycles. The van der Waals surface area contributed by atoms with Gasteiger partial charge < -0.3 is 5.32 Å². The summed E-state index contributed by atoms with van der Waals surface area (Å²) in [5.74, 6) is 1.91. The van der Waals surface area contributed by atoms with E-state index in [9.17, 15) is 0 Å². The van der Waals surface area contributed by atoms with Crippen LogP contribution >= 0.6 is 11.8 Å². The van der Waals surface area contributed by atoms with E-state index in [1.54, 1.807) is 5.56 Å². The molecule has 1 aromatic rings. The maximum atomic E-state index is 3.68. The van der Waals surface area contributed by atoms with E-state index in [1.807, 2.05) is 0 Å². The van der Waals surface area contributed by atoms with Gasteiger partial charge in [0.1, 0.15) is 0 Å². The van der Waals surface area contributed by atoms with E-state index in [0.29, 0.717) is 12.0 Å². The second kappa shape index (κ2) is 5.92. The van der Waals surface area contributed by atoms with E-state index in [4.69, 9.17) is 0 Å². The fourth-order valence-corrected chi connectivity index (χ4v) is 4.18. The van der Waals surface area contributed by atoms with Crippen molar-refractivity contribution in [1.29, 1.82) is 0 Å². The molecule has 1 aromatic carbocycles. The molecule has 0 bridgehead atoms. The molecule has 0 aromatic heterocycles. The van der Waals surface area contributed by atoms with Crippen molar-refractivity contribution in [2.24, 2.45) is 0 Å². The first-order chi connectivity index (χ1) is 8.27. The zero-order chi connectivity index (χ0) is 12.3. The Hall–Kier alpha value is -0.470. The first kappa shape index (κ1) is 13.0. The van der Waals surface area contributed by atoms with E-state index in [1.165, 1.54) is 17.7 Å². The van der Waals surface area contributed by atoms with Crippen LogP contribution in [-0.4, -0.2) is 17.5 Å². The highest BCUT2D eigenvalue weighted by Gasteiger charge is 2.32. The zero-order valence-electron chi connectivity index (χ0n) is 11.1. The highest BCUT2D eigenvalue weighted by Crippen LogP contribution is 2.42.